The van der Waals surface area contributed by atoms with Gasteiger partial charge in [0.1, 0.15) is 6.04 Å². The number of carbonyl (C=O) groups excluding carboxylic acids is 5. The number of alkyl halides is 3. The van der Waals surface area contributed by atoms with Crippen molar-refractivity contribution in [3.8, 4) is 5.69 Å². The van der Waals surface area contributed by atoms with E-state index in [2.05, 4.69) is 28.0 Å². The monoisotopic (exact) mass is 873 g/mol. The molecule has 1 atom stereocenters. The van der Waals surface area contributed by atoms with Gasteiger partial charge in [-0.25, -0.2) is 0 Å². The number of carbonyl (C=O) groups is 5. The largest absolute Gasteiger partial charge is 0.416 e. The van der Waals surface area contributed by atoms with Crippen LogP contribution in [0.1, 0.15) is 95.7 Å². The fourth-order valence-electron chi connectivity index (χ4n) is 7.74. The van der Waals surface area contributed by atoms with Crippen LogP contribution in [0.5, 0.6) is 0 Å². The Balaban J connectivity index is 0.000000287. The van der Waals surface area contributed by atoms with Gasteiger partial charge in [0.05, 0.1) is 37.5 Å². The first kappa shape index (κ1) is 46.4. The highest BCUT2D eigenvalue weighted by Crippen LogP contribution is 2.34. The van der Waals surface area contributed by atoms with Crippen LogP contribution in [0.3, 0.4) is 0 Å². The van der Waals surface area contributed by atoms with Gasteiger partial charge in [0, 0.05) is 73.3 Å². The zero-order valence-electron chi connectivity index (χ0n) is 35.8. The highest BCUT2D eigenvalue weighted by atomic mass is 19.4. The molecule has 17 heteroatoms. The molecule has 2 aromatic heterocycles. The summed E-state index contributed by atoms with van der Waals surface area (Å²) >= 11 is 0. The minimum Gasteiger partial charge on any atom is -0.377 e. The molecule has 0 spiro atoms. The average molecular weight is 874 g/mol. The molecule has 336 valence electrons. The van der Waals surface area contributed by atoms with Crippen LogP contribution in [0.25, 0.3) is 27.6 Å². The summed E-state index contributed by atoms with van der Waals surface area (Å²) in [6, 6.07) is 15.2. The third-order valence-electron chi connectivity index (χ3n) is 11.1. The molecule has 2 aliphatic heterocycles. The molecular formula is C46H54F3N7O7. The molecule has 14 nitrogen and oxygen atoms in total. The number of amides is 5. The summed E-state index contributed by atoms with van der Waals surface area (Å²) in [4.78, 5) is 61.6. The van der Waals surface area contributed by atoms with Gasteiger partial charge in [0.2, 0.25) is 17.7 Å². The van der Waals surface area contributed by atoms with Crippen molar-refractivity contribution in [1.82, 2.24) is 35.2 Å². The lowest BCUT2D eigenvalue weighted by Gasteiger charge is -2.29. The third kappa shape index (κ3) is 11.7. The van der Waals surface area contributed by atoms with Crippen molar-refractivity contribution in [2.75, 3.05) is 39.5 Å². The standard InChI is InChI=1S/C32H40F3N5O4.C14H14N2O3/c1-3-4-5-6-7-8-29(41)36-15-17-43-19-20-44-18-16-37-31(42)23-9-14-28-26(21-23)27-22-39(2)38-30(27)40(28)25-12-10-24(11-13-25)32(33,34)35;1-8-3-2-4-9-10(8)7-16(14(9)19)11-5-6-12(17)15-13(11)18/h9-14,21-22H,3-8,15-20H2,1-2H3,(H,36,41)(H,37,42);2-4,11H,5-7H2,1H3,(H,15,17,18). The maximum Gasteiger partial charge on any atom is 0.416 e. The zero-order chi connectivity index (χ0) is 45.1. The molecule has 63 heavy (non-hydrogen) atoms. The Morgan fingerprint density at radius 2 is 1.60 bits per heavy atom. The molecule has 1 unspecified atom stereocenters. The van der Waals surface area contributed by atoms with Crippen LogP contribution in [-0.2, 0) is 43.6 Å². The van der Waals surface area contributed by atoms with Gasteiger partial charge in [-0.05, 0) is 79.4 Å². The lowest BCUT2D eigenvalue weighted by molar-refractivity contribution is -0.138. The van der Waals surface area contributed by atoms with Crippen molar-refractivity contribution >= 4 is 51.5 Å². The summed E-state index contributed by atoms with van der Waals surface area (Å²) in [5.41, 5.74) is 4.27. The Labute approximate surface area is 363 Å². The van der Waals surface area contributed by atoms with Crippen LogP contribution in [0.2, 0.25) is 0 Å². The Kier molecular flexibility index (Phi) is 15.7. The number of nitrogens with one attached hydrogen (secondary N) is 3. The molecule has 5 aromatic rings. The first-order chi connectivity index (χ1) is 30.3. The van der Waals surface area contributed by atoms with E-state index in [0.29, 0.717) is 81.4 Å². The summed E-state index contributed by atoms with van der Waals surface area (Å²) in [6.45, 7) is 6.81. The number of hydrogen-bond donors (Lipinski definition) is 3. The second-order valence-corrected chi connectivity index (χ2v) is 15.6. The second-order valence-electron chi connectivity index (χ2n) is 15.6. The number of aromatic nitrogens is 3. The van der Waals surface area contributed by atoms with Gasteiger partial charge < -0.3 is 25.0 Å². The number of imide groups is 1. The molecule has 4 heterocycles. The highest BCUT2D eigenvalue weighted by Gasteiger charge is 2.39. The number of halogens is 3. The van der Waals surface area contributed by atoms with Crippen molar-refractivity contribution in [3.63, 3.8) is 0 Å². The number of hydrogen-bond acceptors (Lipinski definition) is 8. The number of unbranched alkanes of at least 4 members (excludes halogenated alkanes) is 4. The van der Waals surface area contributed by atoms with Crippen molar-refractivity contribution in [3.05, 3.63) is 94.7 Å². The first-order valence-electron chi connectivity index (χ1n) is 21.4. The zero-order valence-corrected chi connectivity index (χ0v) is 35.8. The fraction of sp³-hybridized carbons (Fsp3) is 0.435. The number of benzene rings is 3. The second kappa shape index (κ2) is 21.3. The van der Waals surface area contributed by atoms with Gasteiger partial charge in [-0.1, -0.05) is 44.7 Å². The van der Waals surface area contributed by atoms with Gasteiger partial charge in [0.25, 0.3) is 11.8 Å². The molecule has 1 fully saturated rings. The molecule has 5 amide bonds. The number of aryl methyl sites for hydroxylation is 2. The number of nitrogens with zero attached hydrogens (tertiary/aromatic N) is 4. The number of rotatable bonds is 18. The van der Waals surface area contributed by atoms with Gasteiger partial charge >= 0.3 is 6.18 Å². The van der Waals surface area contributed by atoms with Crippen molar-refractivity contribution in [2.24, 2.45) is 7.05 Å². The van der Waals surface area contributed by atoms with E-state index in [0.717, 1.165) is 52.4 Å². The molecule has 3 aromatic carbocycles. The van der Waals surface area contributed by atoms with Crippen LogP contribution >= 0.6 is 0 Å². The molecule has 0 bridgehead atoms. The average Bonchev–Trinajstić information content (AvgIpc) is 3.90. The smallest absolute Gasteiger partial charge is 0.377 e. The van der Waals surface area contributed by atoms with Crippen LogP contribution in [0, 0.1) is 6.92 Å². The maximum absolute atomic E-state index is 13.1. The van der Waals surface area contributed by atoms with Crippen LogP contribution < -0.4 is 16.0 Å². The summed E-state index contributed by atoms with van der Waals surface area (Å²) in [6.07, 6.45) is 4.21. The van der Waals surface area contributed by atoms with E-state index >= 15 is 0 Å². The Morgan fingerprint density at radius 3 is 2.29 bits per heavy atom. The molecule has 0 radical (unpaired) electrons. The summed E-state index contributed by atoms with van der Waals surface area (Å²) < 4.78 is 53.7. The molecule has 3 N–H and O–H groups in total. The summed E-state index contributed by atoms with van der Waals surface area (Å²) in [5.74, 6) is -0.963. The predicted molar refractivity (Wildman–Crippen MR) is 230 cm³/mol. The van der Waals surface area contributed by atoms with Gasteiger partial charge in [-0.15, -0.1) is 0 Å². The highest BCUT2D eigenvalue weighted by molar-refractivity contribution is 6.10. The number of ether oxygens (including phenoxy) is 2. The molecule has 0 saturated carbocycles. The topological polar surface area (TPSA) is 166 Å². The molecule has 0 aliphatic carbocycles. The van der Waals surface area contributed by atoms with E-state index in [1.165, 1.54) is 31.4 Å². The maximum atomic E-state index is 13.1. The van der Waals surface area contributed by atoms with Crippen LogP contribution in [0.15, 0.2) is 66.9 Å². The van der Waals surface area contributed by atoms with Crippen LogP contribution in [0.4, 0.5) is 13.2 Å². The Hall–Kier alpha value is -6.07. The van der Waals surface area contributed by atoms with Crippen molar-refractivity contribution in [2.45, 2.75) is 84.0 Å². The van der Waals surface area contributed by atoms with E-state index in [-0.39, 0.29) is 36.0 Å². The van der Waals surface area contributed by atoms with E-state index in [1.807, 2.05) is 25.3 Å². The van der Waals surface area contributed by atoms with Crippen molar-refractivity contribution < 1.29 is 46.6 Å². The van der Waals surface area contributed by atoms with Gasteiger partial charge in [-0.3, -0.25) is 38.5 Å². The third-order valence-corrected chi connectivity index (χ3v) is 11.1. The quantitative estimate of drug-likeness (QED) is 0.0661. The van der Waals surface area contributed by atoms with E-state index in [4.69, 9.17) is 9.47 Å². The normalized spacial score (nSPS) is 15.0. The molecule has 7 rings (SSSR count). The molecule has 1 saturated heterocycles. The minimum absolute atomic E-state index is 0.0535. The van der Waals surface area contributed by atoms with Gasteiger partial charge in [0.15, 0.2) is 5.65 Å². The van der Waals surface area contributed by atoms with Crippen LogP contribution in [-0.4, -0.2) is 94.3 Å². The predicted octanol–water partition coefficient (Wildman–Crippen LogP) is 6.53. The molecule has 2 aliphatic rings. The lowest BCUT2D eigenvalue weighted by atomic mass is 10.0. The van der Waals surface area contributed by atoms with Crippen molar-refractivity contribution in [1.29, 1.82) is 0 Å². The van der Waals surface area contributed by atoms with E-state index in [1.54, 1.807) is 45.5 Å². The Bertz CT molecular complexity index is 2430. The molecular weight excluding hydrogens is 820 g/mol. The number of fused-ring (bicyclic) bond motifs is 4. The fourth-order valence-corrected chi connectivity index (χ4v) is 7.74. The lowest BCUT2D eigenvalue weighted by Crippen LogP contribution is -2.52. The summed E-state index contributed by atoms with van der Waals surface area (Å²) in [7, 11) is 1.76. The first-order valence-corrected chi connectivity index (χ1v) is 21.4. The Morgan fingerprint density at radius 1 is 0.889 bits per heavy atom. The summed E-state index contributed by atoms with van der Waals surface area (Å²) in [5, 5.41) is 14.0. The van der Waals surface area contributed by atoms with Gasteiger partial charge in [-0.2, -0.15) is 18.3 Å². The number of piperidine rings is 1. The minimum atomic E-state index is -4.43. The SMILES string of the molecule is CCCCCCCC(=O)NCCOCCOCCNC(=O)c1ccc2c(c1)c1cn(C)nc1n2-c1ccc(C(F)(F)F)cc1.Cc1cccc2c1CN(C1CCC(=O)NC1=O)C2=O. The van der Waals surface area contributed by atoms with E-state index < -0.39 is 17.8 Å². The van der Waals surface area contributed by atoms with E-state index in [9.17, 15) is 37.1 Å².